The van der Waals surface area contributed by atoms with Crippen LogP contribution in [0, 0.1) is 0 Å². The molecule has 1 atom stereocenters. The minimum Gasteiger partial charge on any atom is -0.472 e. The molecule has 1 saturated carbocycles. The largest absolute Gasteiger partial charge is 0.472 e. The zero-order valence-electron chi connectivity index (χ0n) is 8.98. The highest BCUT2D eigenvalue weighted by Crippen LogP contribution is 2.29. The summed E-state index contributed by atoms with van der Waals surface area (Å²) < 4.78 is 5.05. The minimum absolute atomic E-state index is 0.681. The van der Waals surface area contributed by atoms with Gasteiger partial charge < -0.3 is 9.73 Å². The predicted octanol–water partition coefficient (Wildman–Crippen LogP) is 1.61. The SMILES string of the molecule is c1cc(CNC2CCN(C3CC3)C2)co1. The van der Waals surface area contributed by atoms with Crippen LogP contribution in [0.5, 0.6) is 0 Å². The van der Waals surface area contributed by atoms with E-state index in [-0.39, 0.29) is 0 Å². The first kappa shape index (κ1) is 9.43. The van der Waals surface area contributed by atoms with Crippen LogP contribution in [0.2, 0.25) is 0 Å². The van der Waals surface area contributed by atoms with Gasteiger partial charge in [0.15, 0.2) is 0 Å². The molecule has 1 N–H and O–H groups in total. The fraction of sp³-hybridized carbons (Fsp3) is 0.667. The van der Waals surface area contributed by atoms with Crippen molar-refractivity contribution in [2.45, 2.75) is 37.9 Å². The van der Waals surface area contributed by atoms with Gasteiger partial charge in [-0.25, -0.2) is 0 Å². The summed E-state index contributed by atoms with van der Waals surface area (Å²) in [5.41, 5.74) is 1.25. The van der Waals surface area contributed by atoms with Crippen molar-refractivity contribution in [3.05, 3.63) is 24.2 Å². The molecule has 1 aliphatic carbocycles. The van der Waals surface area contributed by atoms with E-state index < -0.39 is 0 Å². The zero-order valence-corrected chi connectivity index (χ0v) is 8.98. The van der Waals surface area contributed by atoms with Gasteiger partial charge in [-0.1, -0.05) is 0 Å². The van der Waals surface area contributed by atoms with Crippen LogP contribution in [0.4, 0.5) is 0 Å². The Labute approximate surface area is 90.4 Å². The third-order valence-electron chi connectivity index (χ3n) is 3.46. The summed E-state index contributed by atoms with van der Waals surface area (Å²) in [4.78, 5) is 2.63. The topological polar surface area (TPSA) is 28.4 Å². The molecule has 3 nitrogen and oxygen atoms in total. The highest BCUT2D eigenvalue weighted by atomic mass is 16.3. The fourth-order valence-corrected chi connectivity index (χ4v) is 2.38. The van der Waals surface area contributed by atoms with Gasteiger partial charge in [0.2, 0.25) is 0 Å². The third kappa shape index (κ3) is 2.24. The number of likely N-dealkylation sites (tertiary alicyclic amines) is 1. The van der Waals surface area contributed by atoms with Crippen molar-refractivity contribution in [2.24, 2.45) is 0 Å². The molecule has 0 aromatic carbocycles. The van der Waals surface area contributed by atoms with Crippen LogP contribution in [0.15, 0.2) is 23.0 Å². The second kappa shape index (κ2) is 3.99. The van der Waals surface area contributed by atoms with Gasteiger partial charge in [0.05, 0.1) is 12.5 Å². The van der Waals surface area contributed by atoms with Gasteiger partial charge in [0.25, 0.3) is 0 Å². The van der Waals surface area contributed by atoms with E-state index in [0.29, 0.717) is 6.04 Å². The van der Waals surface area contributed by atoms with E-state index in [1.54, 1.807) is 6.26 Å². The van der Waals surface area contributed by atoms with Gasteiger partial charge in [-0.15, -0.1) is 0 Å². The Morgan fingerprint density at radius 1 is 1.40 bits per heavy atom. The third-order valence-corrected chi connectivity index (χ3v) is 3.46. The predicted molar refractivity (Wildman–Crippen MR) is 58.5 cm³/mol. The lowest BCUT2D eigenvalue weighted by Gasteiger charge is -2.15. The number of nitrogens with zero attached hydrogens (tertiary/aromatic N) is 1. The maximum absolute atomic E-state index is 5.05. The van der Waals surface area contributed by atoms with Crippen molar-refractivity contribution < 1.29 is 4.42 Å². The summed E-state index contributed by atoms with van der Waals surface area (Å²) in [6.07, 6.45) is 7.71. The molecule has 1 aliphatic heterocycles. The molecule has 1 saturated heterocycles. The Bertz CT molecular complexity index is 305. The van der Waals surface area contributed by atoms with Crippen LogP contribution < -0.4 is 5.32 Å². The van der Waals surface area contributed by atoms with Crippen molar-refractivity contribution in [2.75, 3.05) is 13.1 Å². The minimum atomic E-state index is 0.681. The Morgan fingerprint density at radius 2 is 2.33 bits per heavy atom. The van der Waals surface area contributed by atoms with E-state index in [1.165, 1.54) is 37.9 Å². The van der Waals surface area contributed by atoms with Crippen molar-refractivity contribution in [1.82, 2.24) is 10.2 Å². The lowest BCUT2D eigenvalue weighted by atomic mass is 10.2. The Hall–Kier alpha value is -0.800. The number of nitrogens with one attached hydrogen (secondary N) is 1. The number of rotatable bonds is 4. The van der Waals surface area contributed by atoms with Crippen molar-refractivity contribution in [3.63, 3.8) is 0 Å². The standard InChI is InChI=1S/C12H18N2O/c1-2-12(1)14-5-3-11(8-14)13-7-10-4-6-15-9-10/h4,6,9,11-13H,1-3,5,7-8H2. The first-order chi connectivity index (χ1) is 7.42. The number of hydrogen-bond donors (Lipinski definition) is 1. The normalized spacial score (nSPS) is 27.3. The lowest BCUT2D eigenvalue weighted by Crippen LogP contribution is -2.32. The molecule has 0 bridgehead atoms. The van der Waals surface area contributed by atoms with Gasteiger partial charge in [-0.05, 0) is 25.3 Å². The molecule has 2 heterocycles. The summed E-state index contributed by atoms with van der Waals surface area (Å²) in [6.45, 7) is 3.47. The first-order valence-electron chi connectivity index (χ1n) is 5.90. The van der Waals surface area contributed by atoms with Gasteiger partial charge >= 0.3 is 0 Å². The van der Waals surface area contributed by atoms with Gasteiger partial charge in [0.1, 0.15) is 0 Å². The Morgan fingerprint density at radius 3 is 3.07 bits per heavy atom. The van der Waals surface area contributed by atoms with Crippen LogP contribution >= 0.6 is 0 Å². The van der Waals surface area contributed by atoms with Crippen LogP contribution in [-0.2, 0) is 6.54 Å². The van der Waals surface area contributed by atoms with Crippen molar-refractivity contribution in [3.8, 4) is 0 Å². The molecule has 0 amide bonds. The second-order valence-electron chi connectivity index (χ2n) is 4.72. The highest BCUT2D eigenvalue weighted by molar-refractivity contribution is 5.05. The van der Waals surface area contributed by atoms with Crippen molar-refractivity contribution >= 4 is 0 Å². The maximum atomic E-state index is 5.05. The summed E-state index contributed by atoms with van der Waals surface area (Å²) in [5, 5.41) is 3.59. The molecule has 3 heteroatoms. The molecule has 2 fully saturated rings. The molecular weight excluding hydrogens is 188 g/mol. The lowest BCUT2D eigenvalue weighted by molar-refractivity contribution is 0.317. The molecule has 0 spiro atoms. The van der Waals surface area contributed by atoms with E-state index >= 15 is 0 Å². The average Bonchev–Trinajstić information content (AvgIpc) is 2.82. The van der Waals surface area contributed by atoms with Crippen molar-refractivity contribution in [1.29, 1.82) is 0 Å². The van der Waals surface area contributed by atoms with Gasteiger partial charge in [-0.3, -0.25) is 4.90 Å². The van der Waals surface area contributed by atoms with E-state index in [9.17, 15) is 0 Å². The van der Waals surface area contributed by atoms with E-state index in [1.807, 2.05) is 12.3 Å². The monoisotopic (exact) mass is 206 g/mol. The summed E-state index contributed by atoms with van der Waals surface area (Å²) in [6, 6.07) is 3.63. The highest BCUT2D eigenvalue weighted by Gasteiger charge is 2.33. The molecule has 1 aromatic heterocycles. The van der Waals surface area contributed by atoms with Crippen LogP contribution in [0.3, 0.4) is 0 Å². The molecule has 1 unspecified atom stereocenters. The zero-order chi connectivity index (χ0) is 10.1. The smallest absolute Gasteiger partial charge is 0.0947 e. The molecule has 15 heavy (non-hydrogen) atoms. The van der Waals surface area contributed by atoms with Crippen LogP contribution in [-0.4, -0.2) is 30.1 Å². The van der Waals surface area contributed by atoms with Gasteiger partial charge in [0, 0.05) is 37.3 Å². The maximum Gasteiger partial charge on any atom is 0.0947 e. The molecule has 0 radical (unpaired) electrons. The molecule has 3 rings (SSSR count). The van der Waals surface area contributed by atoms with E-state index in [0.717, 1.165) is 12.6 Å². The van der Waals surface area contributed by atoms with Crippen LogP contribution in [0.1, 0.15) is 24.8 Å². The fourth-order valence-electron chi connectivity index (χ4n) is 2.38. The summed E-state index contributed by atoms with van der Waals surface area (Å²) >= 11 is 0. The Kier molecular flexibility index (Phi) is 2.51. The number of hydrogen-bond acceptors (Lipinski definition) is 3. The second-order valence-corrected chi connectivity index (χ2v) is 4.72. The van der Waals surface area contributed by atoms with Crippen LogP contribution in [0.25, 0.3) is 0 Å². The Balaban J connectivity index is 1.44. The van der Waals surface area contributed by atoms with Gasteiger partial charge in [-0.2, -0.15) is 0 Å². The quantitative estimate of drug-likeness (QED) is 0.811. The summed E-state index contributed by atoms with van der Waals surface area (Å²) in [7, 11) is 0. The first-order valence-corrected chi connectivity index (χ1v) is 5.90. The molecule has 2 aliphatic rings. The molecule has 82 valence electrons. The molecular formula is C12H18N2O. The van der Waals surface area contributed by atoms with E-state index in [2.05, 4.69) is 10.2 Å². The average molecular weight is 206 g/mol. The molecule has 1 aromatic rings. The number of furan rings is 1. The van der Waals surface area contributed by atoms with E-state index in [4.69, 9.17) is 4.42 Å². The summed E-state index contributed by atoms with van der Waals surface area (Å²) in [5.74, 6) is 0.